The Hall–Kier alpha value is -1.93. The average molecular weight is 424 g/mol. The van der Waals surface area contributed by atoms with Gasteiger partial charge in [-0.1, -0.05) is 29.8 Å². The van der Waals surface area contributed by atoms with Crippen molar-refractivity contribution in [1.82, 2.24) is 4.31 Å². The van der Waals surface area contributed by atoms with E-state index in [0.29, 0.717) is 5.02 Å². The Kier molecular flexibility index (Phi) is 6.09. The predicted octanol–water partition coefficient (Wildman–Crippen LogP) is 2.82. The van der Waals surface area contributed by atoms with E-state index in [1.807, 2.05) is 13.8 Å². The number of aryl methyl sites for hydroxylation is 2. The highest BCUT2D eigenvalue weighted by Gasteiger charge is 2.44. The van der Waals surface area contributed by atoms with Crippen LogP contribution in [0.2, 0.25) is 5.02 Å². The molecule has 1 fully saturated rings. The van der Waals surface area contributed by atoms with Crippen LogP contribution in [0.3, 0.4) is 0 Å². The van der Waals surface area contributed by atoms with Crippen LogP contribution in [0, 0.1) is 13.8 Å². The zero-order valence-corrected chi connectivity index (χ0v) is 17.2. The highest BCUT2D eigenvalue weighted by atomic mass is 35.5. The summed E-state index contributed by atoms with van der Waals surface area (Å²) in [5, 5.41) is 10.6. The molecule has 0 spiro atoms. The largest absolute Gasteiger partial charge is 0.460 e. The van der Waals surface area contributed by atoms with Crippen LogP contribution in [0.5, 0.6) is 0 Å². The summed E-state index contributed by atoms with van der Waals surface area (Å²) in [5.41, 5.74) is 2.54. The molecule has 1 aliphatic rings. The minimum Gasteiger partial charge on any atom is -0.460 e. The molecule has 0 saturated carbocycles. The Balaban J connectivity index is 1.78. The third-order valence-electron chi connectivity index (χ3n) is 4.89. The van der Waals surface area contributed by atoms with Gasteiger partial charge in [0.1, 0.15) is 12.6 Å². The highest BCUT2D eigenvalue weighted by Crippen LogP contribution is 2.28. The summed E-state index contributed by atoms with van der Waals surface area (Å²) in [6.45, 7) is 3.57. The number of hydrogen-bond acceptors (Lipinski definition) is 5. The number of aliphatic hydroxyl groups is 1. The molecule has 0 amide bonds. The Morgan fingerprint density at radius 2 is 1.86 bits per heavy atom. The first-order valence-corrected chi connectivity index (χ1v) is 10.7. The van der Waals surface area contributed by atoms with Gasteiger partial charge in [-0.2, -0.15) is 4.31 Å². The summed E-state index contributed by atoms with van der Waals surface area (Å²) >= 11 is 5.83. The van der Waals surface area contributed by atoms with Crippen LogP contribution in [-0.4, -0.2) is 42.5 Å². The van der Waals surface area contributed by atoms with Crippen molar-refractivity contribution in [3.05, 3.63) is 64.2 Å². The minimum absolute atomic E-state index is 0.000124. The summed E-state index contributed by atoms with van der Waals surface area (Å²) in [4.78, 5) is 12.7. The van der Waals surface area contributed by atoms with E-state index >= 15 is 0 Å². The van der Waals surface area contributed by atoms with E-state index in [0.717, 1.165) is 21.0 Å². The number of halogens is 1. The number of carbonyl (C=O) groups excluding carboxylic acids is 1. The van der Waals surface area contributed by atoms with Gasteiger partial charge in [0.15, 0.2) is 0 Å². The summed E-state index contributed by atoms with van der Waals surface area (Å²) < 4.78 is 32.5. The third-order valence-corrected chi connectivity index (χ3v) is 7.01. The fraction of sp³-hybridized carbons (Fsp3) is 0.350. The third kappa shape index (κ3) is 4.38. The van der Waals surface area contributed by atoms with Crippen LogP contribution in [0.25, 0.3) is 0 Å². The summed E-state index contributed by atoms with van der Waals surface area (Å²) in [6.07, 6.45) is -0.918. The number of sulfonamides is 1. The molecular weight excluding hydrogens is 402 g/mol. The molecule has 150 valence electrons. The van der Waals surface area contributed by atoms with Crippen LogP contribution < -0.4 is 0 Å². The lowest BCUT2D eigenvalue weighted by atomic mass is 10.1. The molecule has 1 saturated heterocycles. The van der Waals surface area contributed by atoms with E-state index in [1.165, 1.54) is 6.07 Å². The zero-order chi connectivity index (χ0) is 20.5. The number of benzene rings is 2. The van der Waals surface area contributed by atoms with Gasteiger partial charge in [0.25, 0.3) is 0 Å². The maximum atomic E-state index is 13.1. The van der Waals surface area contributed by atoms with Gasteiger partial charge in [0.05, 0.1) is 11.0 Å². The quantitative estimate of drug-likeness (QED) is 0.747. The first-order valence-electron chi connectivity index (χ1n) is 8.86. The van der Waals surface area contributed by atoms with Gasteiger partial charge in [-0.3, -0.25) is 4.79 Å². The average Bonchev–Trinajstić information content (AvgIpc) is 3.06. The van der Waals surface area contributed by atoms with Crippen molar-refractivity contribution in [3.8, 4) is 0 Å². The number of carbonyl (C=O) groups is 1. The first kappa shape index (κ1) is 20.8. The van der Waals surface area contributed by atoms with E-state index < -0.39 is 28.1 Å². The van der Waals surface area contributed by atoms with Gasteiger partial charge in [-0.05, 0) is 54.8 Å². The molecule has 2 aromatic rings. The topological polar surface area (TPSA) is 83.9 Å². The molecule has 2 aromatic carbocycles. The predicted molar refractivity (Wildman–Crippen MR) is 105 cm³/mol. The second kappa shape index (κ2) is 8.21. The molecule has 1 heterocycles. The van der Waals surface area contributed by atoms with Gasteiger partial charge in [-0.15, -0.1) is 0 Å². The van der Waals surface area contributed by atoms with Crippen LogP contribution >= 0.6 is 11.6 Å². The molecular formula is C20H22ClNO5S. The highest BCUT2D eigenvalue weighted by molar-refractivity contribution is 7.89. The normalized spacial score (nSPS) is 20.3. The second-order valence-electron chi connectivity index (χ2n) is 6.96. The number of hydrogen-bond donors (Lipinski definition) is 1. The van der Waals surface area contributed by atoms with E-state index in [9.17, 15) is 18.3 Å². The zero-order valence-electron chi connectivity index (χ0n) is 15.6. The van der Waals surface area contributed by atoms with Crippen molar-refractivity contribution in [3.63, 3.8) is 0 Å². The fourth-order valence-electron chi connectivity index (χ4n) is 3.11. The summed E-state index contributed by atoms with van der Waals surface area (Å²) in [5.74, 6) is -0.682. The number of nitrogens with zero attached hydrogens (tertiary/aromatic N) is 1. The molecule has 1 aliphatic heterocycles. The van der Waals surface area contributed by atoms with E-state index in [-0.39, 0.29) is 24.5 Å². The molecule has 6 nitrogen and oxygen atoms in total. The maximum Gasteiger partial charge on any atom is 0.324 e. The Morgan fingerprint density at radius 1 is 1.18 bits per heavy atom. The maximum absolute atomic E-state index is 13.1. The SMILES string of the molecule is Cc1ccc(S(=O)(=O)N2CC(O)C[C@H]2C(=O)OCc2ccc(Cl)cc2)cc1C. The number of β-amino-alcohol motifs (C(OH)–C–C–N with tert-alkyl or cyclic N) is 1. The van der Waals surface area contributed by atoms with E-state index in [4.69, 9.17) is 16.3 Å². The Labute approximate surface area is 169 Å². The minimum atomic E-state index is -3.94. The van der Waals surface area contributed by atoms with Crippen molar-refractivity contribution in [2.24, 2.45) is 0 Å². The molecule has 2 atom stereocenters. The molecule has 1 N–H and O–H groups in total. The lowest BCUT2D eigenvalue weighted by molar-refractivity contribution is -0.148. The molecule has 0 aliphatic carbocycles. The number of esters is 1. The van der Waals surface area contributed by atoms with Crippen LogP contribution in [0.4, 0.5) is 0 Å². The van der Waals surface area contributed by atoms with Crippen molar-refractivity contribution in [2.45, 2.75) is 43.9 Å². The Morgan fingerprint density at radius 3 is 2.50 bits per heavy atom. The van der Waals surface area contributed by atoms with E-state index in [2.05, 4.69) is 0 Å². The number of aliphatic hydroxyl groups excluding tert-OH is 1. The van der Waals surface area contributed by atoms with Crippen LogP contribution in [-0.2, 0) is 26.2 Å². The number of ether oxygens (including phenoxy) is 1. The smallest absolute Gasteiger partial charge is 0.324 e. The first-order chi connectivity index (χ1) is 13.2. The molecule has 0 radical (unpaired) electrons. The van der Waals surface area contributed by atoms with Gasteiger partial charge in [0.2, 0.25) is 10.0 Å². The summed E-state index contributed by atoms with van der Waals surface area (Å²) in [6, 6.07) is 10.6. The van der Waals surface area contributed by atoms with Crippen molar-refractivity contribution in [1.29, 1.82) is 0 Å². The van der Waals surface area contributed by atoms with Gasteiger partial charge in [-0.25, -0.2) is 8.42 Å². The number of rotatable bonds is 5. The summed E-state index contributed by atoms with van der Waals surface area (Å²) in [7, 11) is -3.94. The fourth-order valence-corrected chi connectivity index (χ4v) is 4.94. The Bertz CT molecular complexity index is 975. The second-order valence-corrected chi connectivity index (χ2v) is 9.29. The van der Waals surface area contributed by atoms with Crippen molar-refractivity contribution >= 4 is 27.6 Å². The standard InChI is InChI=1S/C20H22ClNO5S/c1-13-3-8-18(9-14(13)2)28(25,26)22-11-17(23)10-19(22)20(24)27-12-15-4-6-16(21)7-5-15/h3-9,17,19,23H,10-12H2,1-2H3/t17?,19-/m0/s1. The molecule has 0 bridgehead atoms. The molecule has 8 heteroatoms. The lowest BCUT2D eigenvalue weighted by Crippen LogP contribution is -2.41. The van der Waals surface area contributed by atoms with Gasteiger partial charge < -0.3 is 9.84 Å². The van der Waals surface area contributed by atoms with E-state index in [1.54, 1.807) is 36.4 Å². The van der Waals surface area contributed by atoms with Gasteiger partial charge in [0, 0.05) is 18.0 Å². The molecule has 3 rings (SSSR count). The monoisotopic (exact) mass is 423 g/mol. The van der Waals surface area contributed by atoms with Crippen molar-refractivity contribution in [2.75, 3.05) is 6.54 Å². The van der Waals surface area contributed by atoms with Crippen molar-refractivity contribution < 1.29 is 23.1 Å². The molecule has 28 heavy (non-hydrogen) atoms. The van der Waals surface area contributed by atoms with Gasteiger partial charge >= 0.3 is 5.97 Å². The van der Waals surface area contributed by atoms with Crippen LogP contribution in [0.1, 0.15) is 23.1 Å². The molecule has 1 unspecified atom stereocenters. The lowest BCUT2D eigenvalue weighted by Gasteiger charge is -2.23. The molecule has 0 aromatic heterocycles. The van der Waals surface area contributed by atoms with Crippen LogP contribution in [0.15, 0.2) is 47.4 Å².